The number of methoxy groups -OCH3 is 2. The number of benzene rings is 3. The van der Waals surface area contributed by atoms with E-state index < -0.39 is 10.0 Å². The average molecular weight is 649 g/mol. The first-order valence-corrected chi connectivity index (χ1v) is 16.2. The lowest BCUT2D eigenvalue weighted by Gasteiger charge is -2.18. The zero-order chi connectivity index (χ0) is 33.2. The summed E-state index contributed by atoms with van der Waals surface area (Å²) < 4.78 is 58.7. The third-order valence-electron chi connectivity index (χ3n) is 7.45. The molecule has 0 aliphatic carbocycles. The molecular formula is C34H36N2O9S. The second-order valence-corrected chi connectivity index (χ2v) is 12.6. The number of fused-ring (bicyclic) bond motifs is 1. The van der Waals surface area contributed by atoms with Gasteiger partial charge in [0.15, 0.2) is 11.5 Å². The number of anilines is 1. The van der Waals surface area contributed by atoms with Crippen molar-refractivity contribution in [1.29, 1.82) is 0 Å². The number of nitrogens with one attached hydrogen (secondary N) is 1. The van der Waals surface area contributed by atoms with Crippen LogP contribution in [0.1, 0.15) is 18.1 Å². The molecule has 0 radical (unpaired) electrons. The van der Waals surface area contributed by atoms with Crippen molar-refractivity contribution >= 4 is 26.7 Å². The molecule has 242 valence electrons. The van der Waals surface area contributed by atoms with Gasteiger partial charge in [-0.3, -0.25) is 9.52 Å². The van der Waals surface area contributed by atoms with Gasteiger partial charge in [0.2, 0.25) is 15.8 Å². The van der Waals surface area contributed by atoms with Crippen LogP contribution in [-0.2, 0) is 17.1 Å². The monoisotopic (exact) mass is 648 g/mol. The third kappa shape index (κ3) is 6.40. The molecule has 0 aliphatic heterocycles. The van der Waals surface area contributed by atoms with Crippen molar-refractivity contribution in [2.24, 2.45) is 7.05 Å². The van der Waals surface area contributed by atoms with Crippen molar-refractivity contribution < 1.29 is 36.9 Å². The number of furan rings is 1. The molecule has 2 aromatic heterocycles. The molecule has 0 saturated carbocycles. The summed E-state index contributed by atoms with van der Waals surface area (Å²) in [6.07, 6.45) is 1.63. The van der Waals surface area contributed by atoms with E-state index in [2.05, 4.69) is 4.72 Å². The van der Waals surface area contributed by atoms with E-state index in [1.807, 2.05) is 26.0 Å². The van der Waals surface area contributed by atoms with Crippen LogP contribution >= 0.6 is 0 Å². The zero-order valence-corrected chi connectivity index (χ0v) is 27.3. The molecule has 0 atom stereocenters. The Morgan fingerprint density at radius 1 is 0.913 bits per heavy atom. The lowest BCUT2D eigenvalue weighted by Crippen LogP contribution is -2.16. The van der Waals surface area contributed by atoms with Crippen LogP contribution in [-0.4, -0.2) is 51.3 Å². The Bertz CT molecular complexity index is 2040. The first-order chi connectivity index (χ1) is 22.0. The van der Waals surface area contributed by atoms with Gasteiger partial charge >= 0.3 is 0 Å². The Morgan fingerprint density at radius 3 is 2.20 bits per heavy atom. The predicted molar refractivity (Wildman–Crippen MR) is 177 cm³/mol. The van der Waals surface area contributed by atoms with Gasteiger partial charge in [0.05, 0.1) is 32.0 Å². The van der Waals surface area contributed by atoms with Crippen LogP contribution in [0, 0.1) is 13.8 Å². The maximum Gasteiger partial charge on any atom is 0.261 e. The van der Waals surface area contributed by atoms with Gasteiger partial charge in [0.25, 0.3) is 5.56 Å². The predicted octanol–water partition coefficient (Wildman–Crippen LogP) is 6.02. The molecule has 5 aromatic rings. The topological polar surface area (TPSA) is 138 Å². The van der Waals surface area contributed by atoms with E-state index in [9.17, 15) is 18.3 Å². The van der Waals surface area contributed by atoms with Crippen LogP contribution in [0.5, 0.6) is 28.7 Å². The number of rotatable bonds is 12. The van der Waals surface area contributed by atoms with Gasteiger partial charge in [-0.25, -0.2) is 8.42 Å². The molecule has 0 spiro atoms. The number of hydrogen-bond donors (Lipinski definition) is 2. The number of aliphatic hydroxyl groups excluding tert-OH is 1. The molecule has 5 rings (SSSR count). The number of pyridine rings is 1. The third-order valence-corrected chi connectivity index (χ3v) is 8.76. The molecule has 11 nitrogen and oxygen atoms in total. The van der Waals surface area contributed by atoms with Crippen LogP contribution in [0.3, 0.4) is 0 Å². The van der Waals surface area contributed by atoms with Gasteiger partial charge < -0.3 is 33.0 Å². The largest absolute Gasteiger partial charge is 0.493 e. The minimum Gasteiger partial charge on any atom is -0.493 e. The van der Waals surface area contributed by atoms with Crippen molar-refractivity contribution in [3.05, 3.63) is 82.3 Å². The smallest absolute Gasteiger partial charge is 0.261 e. The van der Waals surface area contributed by atoms with Crippen molar-refractivity contribution in [2.75, 3.05) is 37.9 Å². The molecule has 2 heterocycles. The first-order valence-electron chi connectivity index (χ1n) is 14.5. The Kier molecular flexibility index (Phi) is 9.31. The SMILES string of the molecule is CCS(=O)(=O)Nc1ccc(Oc2c(OC)cccc2OC)c(-c2cn(C)c(=O)c3cc(-c4cc(C)c(OCCO)c(C)c4)oc23)c1. The van der Waals surface area contributed by atoms with Gasteiger partial charge in [-0.15, -0.1) is 0 Å². The van der Waals surface area contributed by atoms with Crippen LogP contribution < -0.4 is 29.2 Å². The summed E-state index contributed by atoms with van der Waals surface area (Å²) >= 11 is 0. The highest BCUT2D eigenvalue weighted by Gasteiger charge is 2.23. The van der Waals surface area contributed by atoms with E-state index in [-0.39, 0.29) is 24.5 Å². The summed E-state index contributed by atoms with van der Waals surface area (Å²) in [7, 11) is 1.06. The van der Waals surface area contributed by atoms with Crippen molar-refractivity contribution in [1.82, 2.24) is 4.57 Å². The standard InChI is InChI=1S/C34H36N2O9S/c1-7-46(39,40)35-23-11-12-27(44-33-28(41-5)9-8-10-29(33)42-6)24(17-23)26-19-36(4)34(38)25-18-30(45-32(25)26)22-15-20(2)31(21(3)16-22)43-14-13-37/h8-12,15-19,35,37H,7,13-14H2,1-6H3. The fourth-order valence-electron chi connectivity index (χ4n) is 5.23. The number of hydrogen-bond acceptors (Lipinski definition) is 9. The summed E-state index contributed by atoms with van der Waals surface area (Å²) in [6.45, 7) is 5.41. The Hall–Kier alpha value is -4.94. The molecule has 12 heteroatoms. The highest BCUT2D eigenvalue weighted by molar-refractivity contribution is 7.92. The summed E-state index contributed by atoms with van der Waals surface area (Å²) in [5, 5.41) is 9.53. The summed E-state index contributed by atoms with van der Waals surface area (Å²) in [5.74, 6) is 2.49. The quantitative estimate of drug-likeness (QED) is 0.166. The van der Waals surface area contributed by atoms with Gasteiger partial charge in [-0.2, -0.15) is 0 Å². The normalized spacial score (nSPS) is 11.5. The molecule has 2 N–H and O–H groups in total. The number of aryl methyl sites for hydroxylation is 3. The fraction of sp³-hybridized carbons (Fsp3) is 0.265. The van der Waals surface area contributed by atoms with E-state index in [0.29, 0.717) is 62.3 Å². The van der Waals surface area contributed by atoms with Crippen molar-refractivity contribution in [3.63, 3.8) is 0 Å². The maximum absolute atomic E-state index is 13.4. The average Bonchev–Trinajstić information content (AvgIpc) is 3.49. The van der Waals surface area contributed by atoms with Crippen LogP contribution in [0.15, 0.2) is 70.0 Å². The summed E-state index contributed by atoms with van der Waals surface area (Å²) in [4.78, 5) is 13.4. The van der Waals surface area contributed by atoms with Crippen molar-refractivity contribution in [3.8, 4) is 51.2 Å². The molecule has 0 unspecified atom stereocenters. The van der Waals surface area contributed by atoms with E-state index in [4.69, 9.17) is 23.4 Å². The van der Waals surface area contributed by atoms with Gasteiger partial charge in [0, 0.05) is 35.6 Å². The van der Waals surface area contributed by atoms with E-state index in [0.717, 1.165) is 16.7 Å². The highest BCUT2D eigenvalue weighted by atomic mass is 32.2. The summed E-state index contributed by atoms with van der Waals surface area (Å²) in [5.41, 5.74) is 3.67. The van der Waals surface area contributed by atoms with Gasteiger partial charge in [-0.05, 0) is 80.4 Å². The molecule has 0 saturated heterocycles. The Labute approximate surface area is 267 Å². The van der Waals surface area contributed by atoms with Crippen molar-refractivity contribution in [2.45, 2.75) is 20.8 Å². The molecular weight excluding hydrogens is 612 g/mol. The Morgan fingerprint density at radius 2 is 1.59 bits per heavy atom. The second-order valence-electron chi connectivity index (χ2n) is 10.6. The number of aromatic nitrogens is 1. The molecule has 0 aliphatic rings. The Balaban J connectivity index is 1.73. The van der Waals surface area contributed by atoms with Crippen LogP contribution in [0.2, 0.25) is 0 Å². The number of sulfonamides is 1. The number of para-hydroxylation sites is 1. The van der Waals surface area contributed by atoms with Crippen LogP contribution in [0.4, 0.5) is 5.69 Å². The second kappa shape index (κ2) is 13.2. The fourth-order valence-corrected chi connectivity index (χ4v) is 5.86. The van der Waals surface area contributed by atoms with Gasteiger partial charge in [-0.1, -0.05) is 6.07 Å². The van der Waals surface area contributed by atoms with E-state index in [1.165, 1.54) is 18.8 Å². The van der Waals surface area contributed by atoms with E-state index >= 15 is 0 Å². The molecule has 0 bridgehead atoms. The molecule has 0 amide bonds. The lowest BCUT2D eigenvalue weighted by molar-refractivity contribution is 0.200. The molecule has 46 heavy (non-hydrogen) atoms. The minimum absolute atomic E-state index is 0.104. The van der Waals surface area contributed by atoms with E-state index in [1.54, 1.807) is 62.6 Å². The zero-order valence-electron chi connectivity index (χ0n) is 26.5. The van der Waals surface area contributed by atoms with Gasteiger partial charge in [0.1, 0.15) is 29.4 Å². The maximum atomic E-state index is 13.4. The number of nitrogens with zero attached hydrogens (tertiary/aromatic N) is 1. The first kappa shape index (κ1) is 32.5. The lowest BCUT2D eigenvalue weighted by atomic mass is 10.0. The highest BCUT2D eigenvalue weighted by Crippen LogP contribution is 2.45. The molecule has 0 fully saturated rings. The van der Waals surface area contributed by atoms with Crippen LogP contribution in [0.25, 0.3) is 33.4 Å². The number of aliphatic hydroxyl groups is 1. The number of ether oxygens (including phenoxy) is 4. The molecule has 3 aromatic carbocycles. The minimum atomic E-state index is -3.61. The summed E-state index contributed by atoms with van der Waals surface area (Å²) in [6, 6.07) is 15.6.